The van der Waals surface area contributed by atoms with Gasteiger partial charge in [0.05, 0.1) is 5.92 Å². The number of nitrogens with zero attached hydrogens (tertiary/aromatic N) is 3. The molecule has 0 bridgehead atoms. The van der Waals surface area contributed by atoms with Crippen LogP contribution in [0.15, 0.2) is 4.52 Å². The molecular weight excluding hydrogens is 228 g/mol. The molecule has 0 radical (unpaired) electrons. The molecule has 1 aliphatic heterocycles. The molecule has 5 heteroatoms. The van der Waals surface area contributed by atoms with Gasteiger partial charge < -0.3 is 15.2 Å². The standard InChI is InChI=1S/C13H24N4O/c1-3-11(10(2)14)12-15-13(16-18-12)17-8-6-4-5-7-9-17/h10-11H,3-9,14H2,1-2H3. The monoisotopic (exact) mass is 252 g/mol. The van der Waals surface area contributed by atoms with Gasteiger partial charge in [-0.2, -0.15) is 4.98 Å². The van der Waals surface area contributed by atoms with Crippen molar-refractivity contribution in [2.45, 2.75) is 57.9 Å². The van der Waals surface area contributed by atoms with E-state index in [1.807, 2.05) is 6.92 Å². The van der Waals surface area contributed by atoms with E-state index in [1.165, 1.54) is 25.7 Å². The lowest BCUT2D eigenvalue weighted by molar-refractivity contribution is 0.333. The van der Waals surface area contributed by atoms with Crippen LogP contribution in [0.2, 0.25) is 0 Å². The SMILES string of the molecule is CCC(c1nc(N2CCCCCC2)no1)C(C)N. The van der Waals surface area contributed by atoms with Crippen LogP contribution in [0.1, 0.15) is 57.8 Å². The van der Waals surface area contributed by atoms with Crippen LogP contribution in [0.4, 0.5) is 5.95 Å². The van der Waals surface area contributed by atoms with Crippen LogP contribution in [0, 0.1) is 0 Å². The van der Waals surface area contributed by atoms with Crippen molar-refractivity contribution < 1.29 is 4.52 Å². The first-order valence-corrected chi connectivity index (χ1v) is 7.06. The van der Waals surface area contributed by atoms with Crippen molar-refractivity contribution in [1.82, 2.24) is 10.1 Å². The Kier molecular flexibility index (Phi) is 4.58. The predicted octanol–water partition coefficient (Wildman–Crippen LogP) is 2.29. The van der Waals surface area contributed by atoms with Gasteiger partial charge in [-0.25, -0.2) is 0 Å². The van der Waals surface area contributed by atoms with Gasteiger partial charge in [0.25, 0.3) is 5.95 Å². The molecule has 102 valence electrons. The minimum atomic E-state index is 0.0485. The molecule has 0 spiro atoms. The molecule has 0 amide bonds. The van der Waals surface area contributed by atoms with E-state index in [4.69, 9.17) is 10.3 Å². The van der Waals surface area contributed by atoms with Crippen LogP contribution in [0.5, 0.6) is 0 Å². The second kappa shape index (κ2) is 6.18. The molecule has 18 heavy (non-hydrogen) atoms. The van der Waals surface area contributed by atoms with Crippen LogP contribution in [-0.2, 0) is 0 Å². The number of hydrogen-bond acceptors (Lipinski definition) is 5. The quantitative estimate of drug-likeness (QED) is 0.890. The third kappa shape index (κ3) is 3.02. The molecule has 2 unspecified atom stereocenters. The van der Waals surface area contributed by atoms with Crippen LogP contribution < -0.4 is 10.6 Å². The van der Waals surface area contributed by atoms with Crippen molar-refractivity contribution >= 4 is 5.95 Å². The van der Waals surface area contributed by atoms with E-state index in [0.29, 0.717) is 5.89 Å². The lowest BCUT2D eigenvalue weighted by atomic mass is 9.99. The normalized spacial score (nSPS) is 20.5. The maximum absolute atomic E-state index is 5.95. The van der Waals surface area contributed by atoms with Crippen LogP contribution in [0.25, 0.3) is 0 Å². The molecule has 1 aromatic rings. The van der Waals surface area contributed by atoms with Gasteiger partial charge in [-0.15, -0.1) is 0 Å². The van der Waals surface area contributed by atoms with E-state index in [0.717, 1.165) is 25.5 Å². The summed E-state index contributed by atoms with van der Waals surface area (Å²) in [4.78, 5) is 6.77. The highest BCUT2D eigenvalue weighted by Crippen LogP contribution is 2.23. The Balaban J connectivity index is 2.08. The minimum absolute atomic E-state index is 0.0485. The Morgan fingerprint density at radius 3 is 2.50 bits per heavy atom. The molecule has 5 nitrogen and oxygen atoms in total. The molecule has 2 N–H and O–H groups in total. The van der Waals surface area contributed by atoms with Gasteiger partial charge in [-0.1, -0.05) is 19.8 Å². The summed E-state index contributed by atoms with van der Waals surface area (Å²) in [7, 11) is 0. The van der Waals surface area contributed by atoms with Crippen molar-refractivity contribution in [2.24, 2.45) is 5.73 Å². The maximum Gasteiger partial charge on any atom is 0.266 e. The van der Waals surface area contributed by atoms with Gasteiger partial charge in [0.15, 0.2) is 0 Å². The molecular formula is C13H24N4O. The first kappa shape index (κ1) is 13.3. The van der Waals surface area contributed by atoms with Crippen molar-refractivity contribution in [3.05, 3.63) is 5.89 Å². The lowest BCUT2D eigenvalue weighted by Gasteiger charge is -2.17. The third-order valence-electron chi connectivity index (χ3n) is 3.71. The molecule has 0 saturated carbocycles. The second-order valence-electron chi connectivity index (χ2n) is 5.21. The molecule has 1 aromatic heterocycles. The number of rotatable bonds is 4. The van der Waals surface area contributed by atoms with Crippen molar-refractivity contribution in [3.8, 4) is 0 Å². The third-order valence-corrected chi connectivity index (χ3v) is 3.71. The lowest BCUT2D eigenvalue weighted by Crippen LogP contribution is -2.26. The van der Waals surface area contributed by atoms with Crippen LogP contribution in [0.3, 0.4) is 0 Å². The molecule has 0 aromatic carbocycles. The molecule has 2 heterocycles. The largest absolute Gasteiger partial charge is 0.338 e. The fourth-order valence-electron chi connectivity index (χ4n) is 2.55. The Bertz CT molecular complexity index is 356. The summed E-state index contributed by atoms with van der Waals surface area (Å²) in [6.07, 6.45) is 5.97. The highest BCUT2D eigenvalue weighted by atomic mass is 16.5. The van der Waals surface area contributed by atoms with Crippen molar-refractivity contribution in [1.29, 1.82) is 0 Å². The summed E-state index contributed by atoms with van der Waals surface area (Å²) in [5.74, 6) is 1.59. The summed E-state index contributed by atoms with van der Waals surface area (Å²) in [6, 6.07) is 0.0485. The number of hydrogen-bond donors (Lipinski definition) is 1. The smallest absolute Gasteiger partial charge is 0.266 e. The van der Waals surface area contributed by atoms with E-state index in [9.17, 15) is 0 Å². The van der Waals surface area contributed by atoms with E-state index in [-0.39, 0.29) is 12.0 Å². The fourth-order valence-corrected chi connectivity index (χ4v) is 2.55. The number of aromatic nitrogens is 2. The molecule has 0 aliphatic carbocycles. The molecule has 2 rings (SSSR count). The summed E-state index contributed by atoms with van der Waals surface area (Å²) < 4.78 is 5.39. The van der Waals surface area contributed by atoms with E-state index >= 15 is 0 Å². The second-order valence-corrected chi connectivity index (χ2v) is 5.21. The first-order chi connectivity index (χ1) is 8.72. The molecule has 1 saturated heterocycles. The van der Waals surface area contributed by atoms with Gasteiger partial charge in [-0.3, -0.25) is 0 Å². The zero-order valence-electron chi connectivity index (χ0n) is 11.4. The average Bonchev–Trinajstić information content (AvgIpc) is 2.65. The topological polar surface area (TPSA) is 68.2 Å². The highest BCUT2D eigenvalue weighted by molar-refractivity contribution is 5.28. The minimum Gasteiger partial charge on any atom is -0.338 e. The summed E-state index contributed by atoms with van der Waals surface area (Å²) in [6.45, 7) is 6.16. The zero-order valence-corrected chi connectivity index (χ0v) is 11.4. The number of nitrogens with two attached hydrogens (primary N) is 1. The first-order valence-electron chi connectivity index (χ1n) is 7.06. The van der Waals surface area contributed by atoms with Gasteiger partial charge in [-0.05, 0) is 31.3 Å². The van der Waals surface area contributed by atoms with Gasteiger partial charge >= 0.3 is 0 Å². The molecule has 1 aliphatic rings. The highest BCUT2D eigenvalue weighted by Gasteiger charge is 2.23. The summed E-state index contributed by atoms with van der Waals surface area (Å²) in [5, 5.41) is 4.12. The van der Waals surface area contributed by atoms with Crippen molar-refractivity contribution in [3.63, 3.8) is 0 Å². The Hall–Kier alpha value is -1.10. The fraction of sp³-hybridized carbons (Fsp3) is 0.846. The van der Waals surface area contributed by atoms with E-state index < -0.39 is 0 Å². The Morgan fingerprint density at radius 1 is 1.28 bits per heavy atom. The molecule has 1 fully saturated rings. The Labute approximate surface area is 109 Å². The number of anilines is 1. The van der Waals surface area contributed by atoms with Crippen LogP contribution >= 0.6 is 0 Å². The van der Waals surface area contributed by atoms with Gasteiger partial charge in [0, 0.05) is 19.1 Å². The zero-order chi connectivity index (χ0) is 13.0. The van der Waals surface area contributed by atoms with Crippen LogP contribution in [-0.4, -0.2) is 29.3 Å². The molecule has 2 atom stereocenters. The van der Waals surface area contributed by atoms with Gasteiger partial charge in [0.1, 0.15) is 0 Å². The van der Waals surface area contributed by atoms with E-state index in [1.54, 1.807) is 0 Å². The summed E-state index contributed by atoms with van der Waals surface area (Å²) >= 11 is 0. The van der Waals surface area contributed by atoms with Crippen molar-refractivity contribution in [2.75, 3.05) is 18.0 Å². The van der Waals surface area contributed by atoms with Gasteiger partial charge in [0.2, 0.25) is 5.89 Å². The average molecular weight is 252 g/mol. The predicted molar refractivity (Wildman–Crippen MR) is 71.7 cm³/mol. The Morgan fingerprint density at radius 2 is 1.94 bits per heavy atom. The maximum atomic E-state index is 5.95. The van der Waals surface area contributed by atoms with E-state index in [2.05, 4.69) is 22.0 Å². The summed E-state index contributed by atoms with van der Waals surface area (Å²) in [5.41, 5.74) is 5.95.